The molecule has 0 bridgehead atoms. The smallest absolute Gasteiger partial charge is 0.380 e. The van der Waals surface area contributed by atoms with E-state index >= 15 is 0 Å². The van der Waals surface area contributed by atoms with Crippen molar-refractivity contribution in [1.29, 1.82) is 5.26 Å². The van der Waals surface area contributed by atoms with Crippen molar-refractivity contribution in [3.8, 4) is 11.8 Å². The van der Waals surface area contributed by atoms with Gasteiger partial charge in [-0.15, -0.1) is 0 Å². The van der Waals surface area contributed by atoms with Crippen LogP contribution in [0.25, 0.3) is 5.69 Å². The summed E-state index contributed by atoms with van der Waals surface area (Å²) in [6.07, 6.45) is -3.70. The van der Waals surface area contributed by atoms with E-state index in [9.17, 15) is 22.8 Å². The molecule has 1 heterocycles. The van der Waals surface area contributed by atoms with Gasteiger partial charge >= 0.3 is 11.9 Å². The summed E-state index contributed by atoms with van der Waals surface area (Å²) < 4.78 is 39.5. The summed E-state index contributed by atoms with van der Waals surface area (Å²) in [6.45, 7) is -0.299. The van der Waals surface area contributed by atoms with Crippen LogP contribution in [-0.4, -0.2) is 22.0 Å². The fourth-order valence-corrected chi connectivity index (χ4v) is 2.23. The summed E-state index contributed by atoms with van der Waals surface area (Å²) in [4.78, 5) is 28.9. The second kappa shape index (κ2) is 7.45. The maximum Gasteiger partial charge on any atom is 0.431 e. The molecule has 136 valence electrons. The van der Waals surface area contributed by atoms with Crippen molar-refractivity contribution >= 4 is 17.8 Å². The first-order chi connectivity index (χ1) is 12.2. The minimum atomic E-state index is -4.85. The predicted molar refractivity (Wildman–Crippen MR) is 86.5 cm³/mol. The van der Waals surface area contributed by atoms with Crippen LogP contribution >= 0.6 is 11.6 Å². The Bertz CT molecular complexity index is 1020. The van der Waals surface area contributed by atoms with Gasteiger partial charge in [-0.25, -0.2) is 9.36 Å². The van der Waals surface area contributed by atoms with E-state index in [4.69, 9.17) is 16.9 Å². The van der Waals surface area contributed by atoms with Crippen LogP contribution in [0, 0.1) is 11.3 Å². The lowest BCUT2D eigenvalue weighted by molar-refractivity contribution is -0.144. The Hall–Kier alpha value is -3.06. The third kappa shape index (κ3) is 3.94. The van der Waals surface area contributed by atoms with Crippen molar-refractivity contribution in [2.45, 2.75) is 6.18 Å². The normalized spacial score (nSPS) is 11.5. The van der Waals surface area contributed by atoms with Crippen LogP contribution < -0.4 is 11.2 Å². The summed E-state index contributed by atoms with van der Waals surface area (Å²) in [6, 6.07) is 5.94. The van der Waals surface area contributed by atoms with Gasteiger partial charge in [0.15, 0.2) is 0 Å². The molecule has 2 rings (SSSR count). The highest BCUT2D eigenvalue weighted by atomic mass is 35.5. The van der Waals surface area contributed by atoms with E-state index in [0.29, 0.717) is 15.2 Å². The third-order valence-electron chi connectivity index (χ3n) is 3.24. The topological polar surface area (TPSA) is 89.4 Å². The lowest BCUT2D eigenvalue weighted by Crippen LogP contribution is -2.40. The first-order valence-electron chi connectivity index (χ1n) is 6.89. The highest BCUT2D eigenvalue weighted by Crippen LogP contribution is 2.27. The van der Waals surface area contributed by atoms with Crippen LogP contribution in [0.5, 0.6) is 0 Å². The average Bonchev–Trinajstić information content (AvgIpc) is 2.56. The first-order valence-corrected chi connectivity index (χ1v) is 7.27. The van der Waals surface area contributed by atoms with Gasteiger partial charge in [-0.3, -0.25) is 9.36 Å². The van der Waals surface area contributed by atoms with Crippen molar-refractivity contribution < 1.29 is 18.0 Å². The highest BCUT2D eigenvalue weighted by molar-refractivity contribution is 6.33. The number of aromatic nitrogens is 2. The first kappa shape index (κ1) is 19.3. The van der Waals surface area contributed by atoms with E-state index in [1.807, 2.05) is 0 Å². The average molecular weight is 387 g/mol. The maximum atomic E-state index is 12.9. The van der Waals surface area contributed by atoms with E-state index in [1.165, 1.54) is 18.2 Å². The molecule has 0 amide bonds. The number of nitriles is 1. The molecule has 0 unspecified atom stereocenters. The molecule has 0 fully saturated rings. The SMILES string of the molecule is Cn1c(C(F)(F)F)cc(=O)n(-c2ccc(Cl)c(C=NOCC#N)c2)c1=O. The van der Waals surface area contributed by atoms with Gasteiger partial charge in [0.2, 0.25) is 6.61 Å². The molecule has 2 aromatic rings. The highest BCUT2D eigenvalue weighted by Gasteiger charge is 2.35. The van der Waals surface area contributed by atoms with Gasteiger partial charge < -0.3 is 4.84 Å². The van der Waals surface area contributed by atoms with Crippen molar-refractivity contribution in [2.75, 3.05) is 6.61 Å². The van der Waals surface area contributed by atoms with Gasteiger partial charge in [0.05, 0.1) is 11.9 Å². The standard InChI is InChI=1S/C15H10ClF3N4O3/c1-22-12(15(17,18)19)7-13(24)23(14(22)25)10-2-3-11(16)9(6-10)8-21-26-5-4-20/h2-3,6-8H,5H2,1H3. The fraction of sp³-hybridized carbons (Fsp3) is 0.200. The molecule has 0 aliphatic heterocycles. The lowest BCUT2D eigenvalue weighted by atomic mass is 10.2. The zero-order valence-electron chi connectivity index (χ0n) is 13.1. The van der Waals surface area contributed by atoms with Crippen molar-refractivity contribution in [1.82, 2.24) is 9.13 Å². The summed E-state index contributed by atoms with van der Waals surface area (Å²) in [7, 11) is 0.912. The van der Waals surface area contributed by atoms with Crippen LogP contribution in [0.15, 0.2) is 39.0 Å². The van der Waals surface area contributed by atoms with E-state index in [-0.39, 0.29) is 22.9 Å². The van der Waals surface area contributed by atoms with Crippen molar-refractivity contribution in [3.63, 3.8) is 0 Å². The molecule has 1 aromatic heterocycles. The van der Waals surface area contributed by atoms with Crippen LogP contribution in [0.2, 0.25) is 5.02 Å². The number of benzene rings is 1. The minimum Gasteiger partial charge on any atom is -0.380 e. The quantitative estimate of drug-likeness (QED) is 0.457. The van der Waals surface area contributed by atoms with Crippen LogP contribution in [0.1, 0.15) is 11.3 Å². The number of nitrogens with zero attached hydrogens (tertiary/aromatic N) is 4. The number of hydrogen-bond acceptors (Lipinski definition) is 5. The van der Waals surface area contributed by atoms with Crippen molar-refractivity contribution in [2.24, 2.45) is 12.2 Å². The van der Waals surface area contributed by atoms with Gasteiger partial charge in [0, 0.05) is 23.7 Å². The van der Waals surface area contributed by atoms with Crippen LogP contribution in [-0.2, 0) is 18.1 Å². The fourth-order valence-electron chi connectivity index (χ4n) is 2.06. The zero-order valence-corrected chi connectivity index (χ0v) is 13.9. The Morgan fingerprint density at radius 1 is 1.35 bits per heavy atom. The molecule has 0 radical (unpaired) electrons. The van der Waals surface area contributed by atoms with Gasteiger partial charge in [-0.1, -0.05) is 16.8 Å². The lowest BCUT2D eigenvalue weighted by Gasteiger charge is -2.14. The van der Waals surface area contributed by atoms with E-state index in [1.54, 1.807) is 6.07 Å². The second-order valence-corrected chi connectivity index (χ2v) is 5.32. The second-order valence-electron chi connectivity index (χ2n) is 4.91. The molecule has 0 spiro atoms. The Balaban J connectivity index is 2.58. The van der Waals surface area contributed by atoms with E-state index in [0.717, 1.165) is 13.3 Å². The van der Waals surface area contributed by atoms with Gasteiger partial charge in [0.1, 0.15) is 11.8 Å². The van der Waals surface area contributed by atoms with E-state index in [2.05, 4.69) is 9.99 Å². The molecule has 0 saturated heterocycles. The Labute approximate surface area is 149 Å². The number of hydrogen-bond donors (Lipinski definition) is 0. The zero-order chi connectivity index (χ0) is 19.5. The third-order valence-corrected chi connectivity index (χ3v) is 3.59. The number of alkyl halides is 3. The van der Waals surface area contributed by atoms with Crippen LogP contribution in [0.3, 0.4) is 0 Å². The van der Waals surface area contributed by atoms with Crippen LogP contribution in [0.4, 0.5) is 13.2 Å². The Morgan fingerprint density at radius 3 is 2.65 bits per heavy atom. The number of halogens is 4. The molecule has 0 atom stereocenters. The number of rotatable bonds is 4. The maximum absolute atomic E-state index is 12.9. The molecular weight excluding hydrogens is 377 g/mol. The molecule has 1 aromatic carbocycles. The van der Waals surface area contributed by atoms with E-state index < -0.39 is 23.1 Å². The largest absolute Gasteiger partial charge is 0.431 e. The number of oxime groups is 1. The Morgan fingerprint density at radius 2 is 2.04 bits per heavy atom. The predicted octanol–water partition coefficient (Wildman–Crippen LogP) is 2.08. The molecule has 7 nitrogen and oxygen atoms in total. The molecule has 11 heteroatoms. The summed E-state index contributed by atoms with van der Waals surface area (Å²) in [5, 5.41) is 12.0. The molecule has 0 aliphatic carbocycles. The molecule has 0 N–H and O–H groups in total. The van der Waals surface area contributed by atoms with Gasteiger partial charge in [-0.2, -0.15) is 18.4 Å². The Kier molecular flexibility index (Phi) is 5.52. The van der Waals surface area contributed by atoms with Crippen molar-refractivity contribution in [3.05, 3.63) is 61.4 Å². The van der Waals surface area contributed by atoms with Gasteiger partial charge in [0.25, 0.3) is 5.56 Å². The summed E-state index contributed by atoms with van der Waals surface area (Å²) in [5.41, 5.74) is -3.45. The monoisotopic (exact) mass is 386 g/mol. The summed E-state index contributed by atoms with van der Waals surface area (Å²) in [5.74, 6) is 0. The summed E-state index contributed by atoms with van der Waals surface area (Å²) >= 11 is 5.96. The minimum absolute atomic E-state index is 0.00421. The molecule has 0 saturated carbocycles. The molecule has 26 heavy (non-hydrogen) atoms. The molecule has 0 aliphatic rings. The van der Waals surface area contributed by atoms with Gasteiger partial charge in [-0.05, 0) is 18.2 Å². The molecular formula is C15H10ClF3N4O3.